The van der Waals surface area contributed by atoms with Crippen LogP contribution in [-0.2, 0) is 16.6 Å². The lowest BCUT2D eigenvalue weighted by Crippen LogP contribution is -2.17. The minimum Gasteiger partial charge on any atom is -0.305 e. The fraction of sp³-hybridized carbons (Fsp3) is 0.154. The highest BCUT2D eigenvalue weighted by Crippen LogP contribution is 2.24. The maximum absolute atomic E-state index is 13.0. The Morgan fingerprint density at radius 1 is 1.09 bits per heavy atom. The number of nitrogens with one attached hydrogen (secondary N) is 1. The summed E-state index contributed by atoms with van der Waals surface area (Å²) in [6.45, 7) is 4.53. The van der Waals surface area contributed by atoms with Crippen molar-refractivity contribution in [3.05, 3.63) is 88.7 Å². The minimum atomic E-state index is -3.77. The van der Waals surface area contributed by atoms with Gasteiger partial charge in [-0.1, -0.05) is 61.4 Å². The zero-order chi connectivity index (χ0) is 24.3. The molecule has 34 heavy (non-hydrogen) atoms. The van der Waals surface area contributed by atoms with Gasteiger partial charge in [0.15, 0.2) is 4.80 Å². The molecule has 3 aromatic carbocycles. The molecular formula is C26H23N3O3S2. The van der Waals surface area contributed by atoms with E-state index in [1.807, 2.05) is 10.6 Å². The van der Waals surface area contributed by atoms with E-state index in [1.165, 1.54) is 35.1 Å². The van der Waals surface area contributed by atoms with Crippen molar-refractivity contribution in [3.8, 4) is 12.3 Å². The lowest BCUT2D eigenvalue weighted by atomic mass is 10.0. The molecule has 4 rings (SSSR count). The van der Waals surface area contributed by atoms with Gasteiger partial charge in [-0.3, -0.25) is 9.52 Å². The van der Waals surface area contributed by atoms with Gasteiger partial charge in [-0.05, 0) is 53.9 Å². The second-order valence-corrected chi connectivity index (χ2v) is 10.7. The van der Waals surface area contributed by atoms with E-state index in [2.05, 4.69) is 41.6 Å². The van der Waals surface area contributed by atoms with Crippen LogP contribution in [0.15, 0.2) is 82.7 Å². The van der Waals surface area contributed by atoms with Crippen LogP contribution in [-0.4, -0.2) is 18.9 Å². The van der Waals surface area contributed by atoms with Crippen LogP contribution in [0.25, 0.3) is 10.2 Å². The van der Waals surface area contributed by atoms with Gasteiger partial charge in [-0.25, -0.2) is 8.42 Å². The molecule has 6 nitrogen and oxygen atoms in total. The van der Waals surface area contributed by atoms with Crippen LogP contribution in [0.2, 0.25) is 0 Å². The van der Waals surface area contributed by atoms with Crippen LogP contribution in [0.4, 0.5) is 5.69 Å². The van der Waals surface area contributed by atoms with Crippen LogP contribution >= 0.6 is 11.3 Å². The smallest absolute Gasteiger partial charge is 0.279 e. The highest BCUT2D eigenvalue weighted by Gasteiger charge is 2.15. The molecule has 0 aliphatic heterocycles. The maximum atomic E-state index is 13.0. The van der Waals surface area contributed by atoms with Crippen LogP contribution in [0, 0.1) is 12.3 Å². The second kappa shape index (κ2) is 9.67. The molecule has 1 heterocycles. The van der Waals surface area contributed by atoms with E-state index in [1.54, 1.807) is 36.4 Å². The van der Waals surface area contributed by atoms with Crippen molar-refractivity contribution in [2.45, 2.75) is 31.2 Å². The summed E-state index contributed by atoms with van der Waals surface area (Å²) in [7, 11) is -3.77. The first-order chi connectivity index (χ1) is 16.3. The Kier molecular flexibility index (Phi) is 6.68. The monoisotopic (exact) mass is 489 g/mol. The predicted molar refractivity (Wildman–Crippen MR) is 136 cm³/mol. The first kappa shape index (κ1) is 23.5. The standard InChI is InChI=1S/C26H23N3O3S2/c1-4-15-29-23-14-13-19(18(2)3)17-24(23)33-26(29)27-25(30)20-9-8-10-21(16-20)28-34(31,32)22-11-6-5-7-12-22/h1,5-14,16-18,28H,15H2,2-3H3. The van der Waals surface area contributed by atoms with Gasteiger partial charge in [0.05, 0.1) is 21.7 Å². The highest BCUT2D eigenvalue weighted by molar-refractivity contribution is 7.92. The Balaban J connectivity index is 1.69. The van der Waals surface area contributed by atoms with Crippen molar-refractivity contribution >= 4 is 43.2 Å². The number of rotatable bonds is 6. The zero-order valence-corrected chi connectivity index (χ0v) is 20.4. The molecule has 8 heteroatoms. The Bertz CT molecular complexity index is 1580. The van der Waals surface area contributed by atoms with Crippen LogP contribution < -0.4 is 9.52 Å². The number of thiazole rings is 1. The summed E-state index contributed by atoms with van der Waals surface area (Å²) >= 11 is 1.40. The molecule has 0 atom stereocenters. The van der Waals surface area contributed by atoms with E-state index in [0.29, 0.717) is 10.7 Å². The second-order valence-electron chi connectivity index (χ2n) is 7.97. The van der Waals surface area contributed by atoms with Gasteiger partial charge in [0.1, 0.15) is 0 Å². The van der Waals surface area contributed by atoms with Crippen molar-refractivity contribution < 1.29 is 13.2 Å². The summed E-state index contributed by atoms with van der Waals surface area (Å²) in [6, 6.07) is 20.5. The summed E-state index contributed by atoms with van der Waals surface area (Å²) in [5.41, 5.74) is 2.65. The summed E-state index contributed by atoms with van der Waals surface area (Å²) in [4.78, 5) is 18.0. The summed E-state index contributed by atoms with van der Waals surface area (Å²) in [5, 5.41) is 0. The molecule has 4 aromatic rings. The average Bonchev–Trinajstić information content (AvgIpc) is 3.16. The SMILES string of the molecule is C#CCn1c(=NC(=O)c2cccc(NS(=O)(=O)c3ccccc3)c2)sc2cc(C(C)C)ccc21. The summed E-state index contributed by atoms with van der Waals surface area (Å²) in [6.07, 6.45) is 5.57. The van der Waals surface area contributed by atoms with E-state index in [9.17, 15) is 13.2 Å². The number of carbonyl (C=O) groups is 1. The van der Waals surface area contributed by atoms with Crippen LogP contribution in [0.3, 0.4) is 0 Å². The van der Waals surface area contributed by atoms with E-state index < -0.39 is 15.9 Å². The predicted octanol–water partition coefficient (Wildman–Crippen LogP) is 5.00. The molecule has 1 N–H and O–H groups in total. The molecule has 0 saturated carbocycles. The quantitative estimate of drug-likeness (QED) is 0.387. The molecule has 0 spiro atoms. The van der Waals surface area contributed by atoms with E-state index in [-0.39, 0.29) is 22.7 Å². The highest BCUT2D eigenvalue weighted by atomic mass is 32.2. The van der Waals surface area contributed by atoms with Crippen molar-refractivity contribution in [2.24, 2.45) is 4.99 Å². The molecule has 172 valence electrons. The third-order valence-electron chi connectivity index (χ3n) is 5.24. The summed E-state index contributed by atoms with van der Waals surface area (Å²) in [5.74, 6) is 2.51. The molecule has 0 radical (unpaired) electrons. The van der Waals surface area contributed by atoms with Gasteiger partial charge in [0, 0.05) is 11.3 Å². The molecule has 1 aromatic heterocycles. The molecule has 1 amide bonds. The lowest BCUT2D eigenvalue weighted by molar-refractivity contribution is 0.0998. The number of benzene rings is 3. The van der Waals surface area contributed by atoms with Crippen molar-refractivity contribution in [1.82, 2.24) is 4.57 Å². The molecule has 0 aliphatic carbocycles. The fourth-order valence-corrected chi connectivity index (χ4v) is 5.61. The maximum Gasteiger partial charge on any atom is 0.279 e. The van der Waals surface area contributed by atoms with Crippen molar-refractivity contribution in [3.63, 3.8) is 0 Å². The number of anilines is 1. The molecular weight excluding hydrogens is 466 g/mol. The Labute approximate surface area is 202 Å². The largest absolute Gasteiger partial charge is 0.305 e. The number of fused-ring (bicyclic) bond motifs is 1. The number of hydrogen-bond donors (Lipinski definition) is 1. The lowest BCUT2D eigenvalue weighted by Gasteiger charge is -2.08. The molecule has 0 bridgehead atoms. The van der Waals surface area contributed by atoms with Crippen LogP contribution in [0.5, 0.6) is 0 Å². The Morgan fingerprint density at radius 2 is 1.85 bits per heavy atom. The first-order valence-corrected chi connectivity index (χ1v) is 12.9. The number of sulfonamides is 1. The van der Waals surface area contributed by atoms with Gasteiger partial charge in [0.25, 0.3) is 15.9 Å². The number of hydrogen-bond acceptors (Lipinski definition) is 4. The number of carbonyl (C=O) groups excluding carboxylic acids is 1. The molecule has 0 fully saturated rings. The van der Waals surface area contributed by atoms with Crippen LogP contribution in [0.1, 0.15) is 35.7 Å². The van der Waals surface area contributed by atoms with E-state index in [0.717, 1.165) is 10.2 Å². The Morgan fingerprint density at radius 3 is 2.56 bits per heavy atom. The topological polar surface area (TPSA) is 80.5 Å². The number of nitrogens with zero attached hydrogens (tertiary/aromatic N) is 2. The van der Waals surface area contributed by atoms with Gasteiger partial charge < -0.3 is 4.57 Å². The number of terminal acetylenes is 1. The minimum absolute atomic E-state index is 0.137. The van der Waals surface area contributed by atoms with Crippen molar-refractivity contribution in [1.29, 1.82) is 0 Å². The first-order valence-electron chi connectivity index (χ1n) is 10.6. The normalized spacial score (nSPS) is 12.1. The zero-order valence-electron chi connectivity index (χ0n) is 18.7. The van der Waals surface area contributed by atoms with Gasteiger partial charge in [0.2, 0.25) is 0 Å². The average molecular weight is 490 g/mol. The van der Waals surface area contributed by atoms with Gasteiger partial charge in [-0.2, -0.15) is 4.99 Å². The van der Waals surface area contributed by atoms with Gasteiger partial charge >= 0.3 is 0 Å². The molecule has 0 aliphatic rings. The van der Waals surface area contributed by atoms with E-state index >= 15 is 0 Å². The fourth-order valence-electron chi connectivity index (χ4n) is 3.46. The molecule has 0 saturated heterocycles. The third kappa shape index (κ3) is 4.96. The number of amides is 1. The van der Waals surface area contributed by atoms with Gasteiger partial charge in [-0.15, -0.1) is 6.42 Å². The third-order valence-corrected chi connectivity index (χ3v) is 7.67. The molecule has 0 unspecified atom stereocenters. The Hall–Kier alpha value is -3.67. The number of aromatic nitrogens is 1. The summed E-state index contributed by atoms with van der Waals surface area (Å²) < 4.78 is 30.6. The van der Waals surface area contributed by atoms with Crippen molar-refractivity contribution in [2.75, 3.05) is 4.72 Å². The van der Waals surface area contributed by atoms with E-state index in [4.69, 9.17) is 6.42 Å².